The van der Waals surface area contributed by atoms with E-state index in [4.69, 9.17) is 14.5 Å². The van der Waals surface area contributed by atoms with Gasteiger partial charge in [0.05, 0.1) is 12.7 Å². The topological polar surface area (TPSA) is 39.7 Å². The first kappa shape index (κ1) is 9.00. The van der Waals surface area contributed by atoms with E-state index in [9.17, 15) is 0 Å². The second-order valence-electron chi connectivity index (χ2n) is 3.80. The summed E-state index contributed by atoms with van der Waals surface area (Å²) in [5, 5.41) is 3.35. The van der Waals surface area contributed by atoms with Gasteiger partial charge in [0.15, 0.2) is 5.75 Å². The van der Waals surface area contributed by atoms with E-state index < -0.39 is 0 Å². The summed E-state index contributed by atoms with van der Waals surface area (Å²) in [6, 6.07) is 2.07. The number of fused-ring (bicyclic) bond motifs is 2. The van der Waals surface area contributed by atoms with Gasteiger partial charge in [-0.15, -0.1) is 0 Å². The van der Waals surface area contributed by atoms with E-state index in [0.29, 0.717) is 6.61 Å². The Morgan fingerprint density at radius 3 is 3.20 bits per heavy atom. The van der Waals surface area contributed by atoms with Gasteiger partial charge in [-0.1, -0.05) is 0 Å². The smallest absolute Gasteiger partial charge is 0.175 e. The van der Waals surface area contributed by atoms with Crippen LogP contribution in [0.3, 0.4) is 0 Å². The highest BCUT2D eigenvalue weighted by Crippen LogP contribution is 2.39. The van der Waals surface area contributed by atoms with Gasteiger partial charge in [0.2, 0.25) is 0 Å². The Labute approximate surface area is 88.1 Å². The maximum atomic E-state index is 5.46. The van der Waals surface area contributed by atoms with E-state index in [1.54, 1.807) is 7.11 Å². The van der Waals surface area contributed by atoms with Crippen LogP contribution in [0.25, 0.3) is 0 Å². The molecule has 80 valence electrons. The van der Waals surface area contributed by atoms with Gasteiger partial charge >= 0.3 is 0 Å². The number of methoxy groups -OCH3 is 1. The van der Waals surface area contributed by atoms with Gasteiger partial charge < -0.3 is 14.9 Å². The van der Waals surface area contributed by atoms with Crippen LogP contribution in [0.15, 0.2) is 6.07 Å². The van der Waals surface area contributed by atoms with Crippen molar-refractivity contribution in [3.63, 3.8) is 0 Å². The maximum Gasteiger partial charge on any atom is 0.175 e. The second-order valence-corrected chi connectivity index (χ2v) is 3.80. The third-order valence-electron chi connectivity index (χ3n) is 2.97. The molecular weight excluding hydrogens is 194 g/mol. The molecule has 0 spiro atoms. The van der Waals surface area contributed by atoms with E-state index in [1.807, 2.05) is 0 Å². The summed E-state index contributed by atoms with van der Waals surface area (Å²) >= 11 is 0. The number of hydrogen-bond donors (Lipinski definition) is 1. The molecule has 0 bridgehead atoms. The van der Waals surface area contributed by atoms with Crippen LogP contribution in [0.4, 0.5) is 0 Å². The van der Waals surface area contributed by atoms with E-state index in [0.717, 1.165) is 36.6 Å². The Balaban J connectivity index is 2.19. The zero-order chi connectivity index (χ0) is 10.3. The number of ether oxygens (including phenoxy) is 1. The molecule has 0 radical (unpaired) electrons. The number of rotatable bonds is 1. The lowest BCUT2D eigenvalue weighted by molar-refractivity contribution is -0.194. The van der Waals surface area contributed by atoms with Gasteiger partial charge in [0.1, 0.15) is 12.4 Å². The van der Waals surface area contributed by atoms with Gasteiger partial charge in [-0.2, -0.15) is 4.89 Å². The Hall–Kier alpha value is -1.26. The minimum absolute atomic E-state index is 0.478. The van der Waals surface area contributed by atoms with Gasteiger partial charge in [0, 0.05) is 12.1 Å². The molecule has 1 aromatic carbocycles. The van der Waals surface area contributed by atoms with Gasteiger partial charge in [-0.25, -0.2) is 0 Å². The molecule has 0 saturated carbocycles. The molecule has 2 aliphatic heterocycles. The second kappa shape index (κ2) is 3.40. The summed E-state index contributed by atoms with van der Waals surface area (Å²) < 4.78 is 5.46. The van der Waals surface area contributed by atoms with Crippen molar-refractivity contribution in [1.82, 2.24) is 5.32 Å². The quantitative estimate of drug-likeness (QED) is 0.701. The highest BCUT2D eigenvalue weighted by atomic mass is 17.2. The van der Waals surface area contributed by atoms with Crippen LogP contribution in [0.2, 0.25) is 0 Å². The summed E-state index contributed by atoms with van der Waals surface area (Å²) in [5.74, 6) is 1.74. The minimum atomic E-state index is 0.478. The molecular formula is C11H13NO3. The molecule has 4 nitrogen and oxygen atoms in total. The van der Waals surface area contributed by atoms with Crippen molar-refractivity contribution in [2.75, 3.05) is 13.7 Å². The Morgan fingerprint density at radius 2 is 2.33 bits per heavy atom. The molecule has 4 heteroatoms. The summed E-state index contributed by atoms with van der Waals surface area (Å²) in [6.07, 6.45) is 1.02. The lowest BCUT2D eigenvalue weighted by atomic mass is 9.96. The number of hydrogen-bond acceptors (Lipinski definition) is 4. The number of benzene rings is 1. The van der Waals surface area contributed by atoms with Crippen molar-refractivity contribution >= 4 is 0 Å². The molecule has 1 N–H and O–H groups in total. The Morgan fingerprint density at radius 1 is 1.40 bits per heavy atom. The molecule has 15 heavy (non-hydrogen) atoms. The third kappa shape index (κ3) is 1.29. The highest BCUT2D eigenvalue weighted by molar-refractivity contribution is 5.55. The van der Waals surface area contributed by atoms with Crippen molar-refractivity contribution in [2.45, 2.75) is 19.6 Å². The normalized spacial score (nSPS) is 17.9. The highest BCUT2D eigenvalue weighted by Gasteiger charge is 2.25. The molecule has 3 rings (SSSR count). The summed E-state index contributed by atoms with van der Waals surface area (Å²) in [4.78, 5) is 10.1. The predicted molar refractivity (Wildman–Crippen MR) is 53.8 cm³/mol. The van der Waals surface area contributed by atoms with E-state index in [2.05, 4.69) is 11.4 Å². The van der Waals surface area contributed by atoms with Crippen molar-refractivity contribution in [3.8, 4) is 11.5 Å². The van der Waals surface area contributed by atoms with Crippen LogP contribution in [0.1, 0.15) is 16.7 Å². The predicted octanol–water partition coefficient (Wildman–Crippen LogP) is 1.16. The first-order valence-corrected chi connectivity index (χ1v) is 5.12. The fraction of sp³-hybridized carbons (Fsp3) is 0.455. The molecule has 0 unspecified atom stereocenters. The largest absolute Gasteiger partial charge is 0.496 e. The van der Waals surface area contributed by atoms with Crippen molar-refractivity contribution in [2.24, 2.45) is 0 Å². The van der Waals surface area contributed by atoms with Crippen molar-refractivity contribution in [3.05, 3.63) is 22.8 Å². The molecule has 0 fully saturated rings. The monoisotopic (exact) mass is 207 g/mol. The lowest BCUT2D eigenvalue weighted by Gasteiger charge is -2.20. The molecule has 0 aliphatic carbocycles. The Kier molecular flexibility index (Phi) is 2.04. The zero-order valence-corrected chi connectivity index (χ0v) is 8.63. The Bertz CT molecular complexity index is 403. The molecule has 2 aliphatic rings. The van der Waals surface area contributed by atoms with E-state index >= 15 is 0 Å². The first-order chi connectivity index (χ1) is 7.40. The lowest BCUT2D eigenvalue weighted by Crippen LogP contribution is -2.24. The zero-order valence-electron chi connectivity index (χ0n) is 8.63. The molecule has 2 heterocycles. The van der Waals surface area contributed by atoms with Gasteiger partial charge in [0.25, 0.3) is 0 Å². The molecule has 0 amide bonds. The fourth-order valence-electron chi connectivity index (χ4n) is 2.23. The standard InChI is InChI=1S/C11H13NO3/c1-13-11-8-5-12-3-2-7(8)4-10-9(11)6-14-15-10/h4,12H,2-3,5-6H2,1H3. The average Bonchev–Trinajstić information content (AvgIpc) is 2.73. The molecule has 1 aromatic rings. The van der Waals surface area contributed by atoms with Crippen molar-refractivity contribution in [1.29, 1.82) is 0 Å². The van der Waals surface area contributed by atoms with E-state index in [1.165, 1.54) is 11.1 Å². The van der Waals surface area contributed by atoms with Crippen molar-refractivity contribution < 1.29 is 14.5 Å². The maximum absolute atomic E-state index is 5.46. The molecule has 0 atom stereocenters. The SMILES string of the molecule is COc1c2c(cc3c1COO3)CCNC2. The van der Waals surface area contributed by atoms with Gasteiger partial charge in [-0.3, -0.25) is 0 Å². The molecule has 0 aromatic heterocycles. The van der Waals surface area contributed by atoms with E-state index in [-0.39, 0.29) is 0 Å². The first-order valence-electron chi connectivity index (χ1n) is 5.12. The third-order valence-corrected chi connectivity index (χ3v) is 2.97. The number of nitrogens with one attached hydrogen (secondary N) is 1. The minimum Gasteiger partial charge on any atom is -0.496 e. The average molecular weight is 207 g/mol. The van der Waals surface area contributed by atoms with Crippen LogP contribution < -0.4 is 14.9 Å². The van der Waals surface area contributed by atoms with Crippen LogP contribution in [0, 0.1) is 0 Å². The summed E-state index contributed by atoms with van der Waals surface area (Å²) in [5.41, 5.74) is 3.58. The molecule has 0 saturated heterocycles. The van der Waals surface area contributed by atoms with Crippen LogP contribution in [0.5, 0.6) is 11.5 Å². The summed E-state index contributed by atoms with van der Waals surface area (Å²) in [6.45, 7) is 2.35. The van der Waals surface area contributed by atoms with Gasteiger partial charge in [-0.05, 0) is 24.6 Å². The fourth-order valence-corrected chi connectivity index (χ4v) is 2.23. The van der Waals surface area contributed by atoms with Crippen LogP contribution >= 0.6 is 0 Å². The van der Waals surface area contributed by atoms with Crippen LogP contribution in [-0.2, 0) is 24.5 Å². The summed E-state index contributed by atoms with van der Waals surface area (Å²) in [7, 11) is 1.70. The van der Waals surface area contributed by atoms with Crippen LogP contribution in [-0.4, -0.2) is 13.7 Å².